The highest BCUT2D eigenvalue weighted by atomic mass is 79.9. The summed E-state index contributed by atoms with van der Waals surface area (Å²) < 4.78 is 0.613. The van der Waals surface area contributed by atoms with E-state index in [0.717, 1.165) is 0 Å². The summed E-state index contributed by atoms with van der Waals surface area (Å²) in [6.07, 6.45) is -0.0423. The maximum atomic E-state index is 11.2. The van der Waals surface area contributed by atoms with Crippen molar-refractivity contribution in [1.29, 1.82) is 0 Å². The second kappa shape index (κ2) is 3.57. The quantitative estimate of drug-likeness (QED) is 0.796. The highest BCUT2D eigenvalue weighted by Gasteiger charge is 2.52. The van der Waals surface area contributed by atoms with Crippen molar-refractivity contribution in [3.05, 3.63) is 28.5 Å². The van der Waals surface area contributed by atoms with Crippen molar-refractivity contribution in [2.45, 2.75) is 24.4 Å². The first kappa shape index (κ1) is 10.6. The first-order valence-corrected chi connectivity index (χ1v) is 5.38. The topological polar surface area (TPSA) is 70.4 Å². The Balaban J connectivity index is 2.39. The molecule has 0 aromatic carbocycles. The molecule has 2 rings (SSSR count). The van der Waals surface area contributed by atoms with Crippen LogP contribution in [0.1, 0.15) is 18.5 Å². The Kier molecular flexibility index (Phi) is 2.52. The number of pyridine rings is 1. The minimum atomic E-state index is -0.997. The number of aliphatic hydroxyl groups excluding tert-OH is 1. The fourth-order valence-electron chi connectivity index (χ4n) is 1.91. The van der Waals surface area contributed by atoms with Crippen LogP contribution in [0.15, 0.2) is 22.8 Å². The molecule has 2 N–H and O–H groups in total. The molecule has 1 aromatic rings. The molecule has 0 spiro atoms. The predicted molar refractivity (Wildman–Crippen MR) is 56.5 cm³/mol. The average Bonchev–Trinajstić information content (AvgIpc) is 2.12. The third kappa shape index (κ3) is 1.66. The molecular formula is C10H10BrNO3. The number of carboxylic acid groups (broad SMARTS) is 1. The first-order chi connectivity index (χ1) is 7.04. The SMILES string of the molecule is O=C(O)C1(c2cccc(Br)n2)CC(O)C1. The fourth-order valence-corrected chi connectivity index (χ4v) is 2.26. The Morgan fingerprint density at radius 2 is 2.20 bits per heavy atom. The number of aromatic nitrogens is 1. The van der Waals surface area contributed by atoms with Gasteiger partial charge in [-0.25, -0.2) is 4.98 Å². The minimum Gasteiger partial charge on any atom is -0.481 e. The lowest BCUT2D eigenvalue weighted by molar-refractivity contribution is -0.153. The van der Waals surface area contributed by atoms with Crippen LogP contribution >= 0.6 is 15.9 Å². The Labute approximate surface area is 95.1 Å². The number of aliphatic carboxylic acids is 1. The molecule has 0 aliphatic heterocycles. The number of carbonyl (C=O) groups is 1. The lowest BCUT2D eigenvalue weighted by Crippen LogP contribution is -2.51. The van der Waals surface area contributed by atoms with E-state index in [-0.39, 0.29) is 12.8 Å². The molecule has 0 radical (unpaired) electrons. The molecule has 80 valence electrons. The third-order valence-electron chi connectivity index (χ3n) is 2.78. The largest absolute Gasteiger partial charge is 0.481 e. The van der Waals surface area contributed by atoms with Crippen LogP contribution in [0.2, 0.25) is 0 Å². The highest BCUT2D eigenvalue weighted by molar-refractivity contribution is 9.10. The first-order valence-electron chi connectivity index (χ1n) is 4.59. The van der Waals surface area contributed by atoms with E-state index in [9.17, 15) is 15.0 Å². The van der Waals surface area contributed by atoms with Crippen LogP contribution in [0, 0.1) is 0 Å². The van der Waals surface area contributed by atoms with Crippen LogP contribution in [0.25, 0.3) is 0 Å². The molecule has 1 fully saturated rings. The zero-order valence-corrected chi connectivity index (χ0v) is 9.44. The fraction of sp³-hybridized carbons (Fsp3) is 0.400. The van der Waals surface area contributed by atoms with Gasteiger partial charge in [-0.1, -0.05) is 6.07 Å². The molecule has 4 nitrogen and oxygen atoms in total. The standard InChI is InChI=1S/C10H10BrNO3/c11-8-3-1-2-7(12-8)10(9(14)15)4-6(13)5-10/h1-3,6,13H,4-5H2,(H,14,15). The number of carboxylic acids is 1. The van der Waals surface area contributed by atoms with E-state index in [2.05, 4.69) is 20.9 Å². The van der Waals surface area contributed by atoms with Crippen molar-refractivity contribution in [2.75, 3.05) is 0 Å². The predicted octanol–water partition coefficient (Wildman–Crippen LogP) is 1.32. The molecule has 0 bridgehead atoms. The summed E-state index contributed by atoms with van der Waals surface area (Å²) in [6.45, 7) is 0. The van der Waals surface area contributed by atoms with Crippen molar-refractivity contribution < 1.29 is 15.0 Å². The molecule has 15 heavy (non-hydrogen) atoms. The summed E-state index contributed by atoms with van der Waals surface area (Å²) in [4.78, 5) is 15.3. The normalized spacial score (nSPS) is 29.6. The average molecular weight is 272 g/mol. The summed E-state index contributed by atoms with van der Waals surface area (Å²) in [5.74, 6) is -0.918. The van der Waals surface area contributed by atoms with E-state index in [4.69, 9.17) is 0 Å². The van der Waals surface area contributed by atoms with Gasteiger partial charge in [0.1, 0.15) is 10.0 Å². The van der Waals surface area contributed by atoms with Gasteiger partial charge in [-0.2, -0.15) is 0 Å². The summed E-state index contributed by atoms with van der Waals surface area (Å²) >= 11 is 3.21. The Morgan fingerprint density at radius 3 is 2.67 bits per heavy atom. The molecule has 0 saturated heterocycles. The van der Waals surface area contributed by atoms with Crippen LogP contribution in [-0.2, 0) is 10.2 Å². The smallest absolute Gasteiger partial charge is 0.315 e. The van der Waals surface area contributed by atoms with Gasteiger partial charge < -0.3 is 10.2 Å². The number of aliphatic hydroxyl groups is 1. The molecule has 0 atom stereocenters. The number of hydrogen-bond acceptors (Lipinski definition) is 3. The van der Waals surface area contributed by atoms with Gasteiger partial charge in [0, 0.05) is 0 Å². The van der Waals surface area contributed by atoms with Crippen molar-refractivity contribution in [3.8, 4) is 0 Å². The number of hydrogen-bond donors (Lipinski definition) is 2. The molecule has 1 aliphatic carbocycles. The molecule has 0 amide bonds. The monoisotopic (exact) mass is 271 g/mol. The lowest BCUT2D eigenvalue weighted by Gasteiger charge is -2.41. The van der Waals surface area contributed by atoms with E-state index in [1.165, 1.54) is 0 Å². The van der Waals surface area contributed by atoms with Crippen LogP contribution in [0.3, 0.4) is 0 Å². The second-order valence-corrected chi connectivity index (χ2v) is 4.61. The minimum absolute atomic E-state index is 0.242. The molecular weight excluding hydrogens is 262 g/mol. The van der Waals surface area contributed by atoms with Gasteiger partial charge in [0.15, 0.2) is 0 Å². The molecule has 1 saturated carbocycles. The van der Waals surface area contributed by atoms with E-state index >= 15 is 0 Å². The van der Waals surface area contributed by atoms with Gasteiger partial charge in [-0.3, -0.25) is 4.79 Å². The second-order valence-electron chi connectivity index (χ2n) is 3.79. The summed E-state index contributed by atoms with van der Waals surface area (Å²) in [7, 11) is 0. The van der Waals surface area contributed by atoms with Gasteiger partial charge in [0.05, 0.1) is 11.8 Å². The third-order valence-corrected chi connectivity index (χ3v) is 3.22. The van der Waals surface area contributed by atoms with Crippen LogP contribution < -0.4 is 0 Å². The van der Waals surface area contributed by atoms with Crippen molar-refractivity contribution >= 4 is 21.9 Å². The summed E-state index contributed by atoms with van der Waals surface area (Å²) in [5, 5.41) is 18.4. The zero-order valence-electron chi connectivity index (χ0n) is 7.85. The van der Waals surface area contributed by atoms with E-state index < -0.39 is 17.5 Å². The number of halogens is 1. The number of rotatable bonds is 2. The van der Waals surface area contributed by atoms with Crippen molar-refractivity contribution in [1.82, 2.24) is 4.98 Å². The van der Waals surface area contributed by atoms with E-state index in [0.29, 0.717) is 10.3 Å². The molecule has 0 unspecified atom stereocenters. The maximum absolute atomic E-state index is 11.2. The molecule has 1 aliphatic rings. The van der Waals surface area contributed by atoms with Crippen LogP contribution in [0.4, 0.5) is 0 Å². The van der Waals surface area contributed by atoms with Gasteiger partial charge in [0.2, 0.25) is 0 Å². The van der Waals surface area contributed by atoms with Crippen LogP contribution in [-0.4, -0.2) is 27.3 Å². The van der Waals surface area contributed by atoms with Crippen molar-refractivity contribution in [3.63, 3.8) is 0 Å². The maximum Gasteiger partial charge on any atom is 0.315 e. The summed E-state index contributed by atoms with van der Waals surface area (Å²) in [6, 6.07) is 5.18. The van der Waals surface area contributed by atoms with Gasteiger partial charge in [0.25, 0.3) is 0 Å². The highest BCUT2D eigenvalue weighted by Crippen LogP contribution is 2.43. The van der Waals surface area contributed by atoms with Gasteiger partial charge in [-0.05, 0) is 40.9 Å². The molecule has 5 heteroatoms. The van der Waals surface area contributed by atoms with Crippen LogP contribution in [0.5, 0.6) is 0 Å². The van der Waals surface area contributed by atoms with Crippen molar-refractivity contribution in [2.24, 2.45) is 0 Å². The number of nitrogens with zero attached hydrogens (tertiary/aromatic N) is 1. The zero-order chi connectivity index (χ0) is 11.1. The van der Waals surface area contributed by atoms with Gasteiger partial charge >= 0.3 is 5.97 Å². The van der Waals surface area contributed by atoms with Gasteiger partial charge in [-0.15, -0.1) is 0 Å². The Morgan fingerprint density at radius 1 is 1.53 bits per heavy atom. The van der Waals surface area contributed by atoms with E-state index in [1.54, 1.807) is 18.2 Å². The summed E-state index contributed by atoms with van der Waals surface area (Å²) in [5.41, 5.74) is -0.488. The lowest BCUT2D eigenvalue weighted by atomic mass is 9.64. The molecule has 1 heterocycles. The van der Waals surface area contributed by atoms with E-state index in [1.807, 2.05) is 0 Å². The Hall–Kier alpha value is -0.940. The Bertz CT molecular complexity index is 401. The molecule has 1 aromatic heterocycles.